The second kappa shape index (κ2) is 5.35. The molecule has 18 heavy (non-hydrogen) atoms. The highest BCUT2D eigenvalue weighted by atomic mass is 79.9. The highest BCUT2D eigenvalue weighted by Crippen LogP contribution is 2.36. The third kappa shape index (κ3) is 3.43. The number of rotatable bonds is 2. The number of carbonyl (C=O) groups is 1. The van der Waals surface area contributed by atoms with Gasteiger partial charge in [0.15, 0.2) is 0 Å². The number of halogens is 5. The molecule has 0 bridgehead atoms. The summed E-state index contributed by atoms with van der Waals surface area (Å²) in [6.07, 6.45) is -5.37. The van der Waals surface area contributed by atoms with E-state index < -0.39 is 29.9 Å². The van der Waals surface area contributed by atoms with E-state index in [-0.39, 0.29) is 10.2 Å². The number of nitriles is 1. The van der Waals surface area contributed by atoms with E-state index in [1.807, 2.05) is 0 Å². The molecule has 0 saturated heterocycles. The fourth-order valence-electron chi connectivity index (χ4n) is 1.13. The number of carbonyl (C=O) groups excluding carboxylic acids is 1. The summed E-state index contributed by atoms with van der Waals surface area (Å²) in [6, 6.07) is 2.61. The summed E-state index contributed by atoms with van der Waals surface area (Å²) >= 11 is 2.82. The maximum absolute atomic E-state index is 13.1. The molecule has 0 aliphatic rings. The van der Waals surface area contributed by atoms with Crippen molar-refractivity contribution in [1.29, 1.82) is 5.26 Å². The van der Waals surface area contributed by atoms with Crippen LogP contribution in [0.4, 0.5) is 23.2 Å². The van der Waals surface area contributed by atoms with Crippen molar-refractivity contribution in [2.75, 3.05) is 5.32 Å². The fourth-order valence-corrected chi connectivity index (χ4v) is 1.54. The predicted molar refractivity (Wildman–Crippen MR) is 58.0 cm³/mol. The van der Waals surface area contributed by atoms with E-state index in [9.17, 15) is 22.4 Å². The first kappa shape index (κ1) is 14.4. The highest BCUT2D eigenvalue weighted by molar-refractivity contribution is 9.10. The third-order valence-corrected chi connectivity index (χ3v) is 2.53. The number of nitrogens with one attached hydrogen (secondary N) is 1. The largest absolute Gasteiger partial charge is 0.419 e. The zero-order chi connectivity index (χ0) is 13.9. The molecule has 0 unspecified atom stereocenters. The molecule has 96 valence electrons. The zero-order valence-corrected chi connectivity index (χ0v) is 10.2. The minimum atomic E-state index is -4.86. The number of nitrogens with zero attached hydrogens (tertiary/aromatic N) is 1. The summed E-state index contributed by atoms with van der Waals surface area (Å²) in [7, 11) is 0. The van der Waals surface area contributed by atoms with Crippen LogP contribution in [0.2, 0.25) is 0 Å². The van der Waals surface area contributed by atoms with Crippen LogP contribution in [0.25, 0.3) is 0 Å². The van der Waals surface area contributed by atoms with Crippen molar-refractivity contribution in [3.05, 3.63) is 28.0 Å². The van der Waals surface area contributed by atoms with E-state index in [0.29, 0.717) is 12.1 Å². The number of amides is 1. The van der Waals surface area contributed by atoms with E-state index in [1.165, 1.54) is 6.07 Å². The van der Waals surface area contributed by atoms with Crippen LogP contribution in [0.1, 0.15) is 12.0 Å². The number of benzene rings is 1. The van der Waals surface area contributed by atoms with Crippen LogP contribution in [0, 0.1) is 17.1 Å². The lowest BCUT2D eigenvalue weighted by molar-refractivity contribution is -0.140. The van der Waals surface area contributed by atoms with Crippen LogP contribution in [0.15, 0.2) is 16.6 Å². The molecule has 1 aromatic carbocycles. The molecule has 3 nitrogen and oxygen atoms in total. The van der Waals surface area contributed by atoms with Gasteiger partial charge in [0.1, 0.15) is 12.2 Å². The average Bonchev–Trinajstić information content (AvgIpc) is 2.20. The molecule has 1 amide bonds. The van der Waals surface area contributed by atoms with Crippen LogP contribution >= 0.6 is 15.9 Å². The predicted octanol–water partition coefficient (Wildman–Crippen LogP) is 3.46. The summed E-state index contributed by atoms with van der Waals surface area (Å²) in [5, 5.41) is 10.3. The molecule has 8 heteroatoms. The topological polar surface area (TPSA) is 52.9 Å². The minimum absolute atomic E-state index is 0.0423. The van der Waals surface area contributed by atoms with Crippen LogP contribution in [-0.2, 0) is 11.0 Å². The van der Waals surface area contributed by atoms with Gasteiger partial charge >= 0.3 is 6.18 Å². The highest BCUT2D eigenvalue weighted by Gasteiger charge is 2.35. The third-order valence-electron chi connectivity index (χ3n) is 1.88. The van der Waals surface area contributed by atoms with Gasteiger partial charge in [0.2, 0.25) is 5.91 Å². The van der Waals surface area contributed by atoms with Gasteiger partial charge in [-0.25, -0.2) is 4.39 Å². The molecule has 0 aromatic heterocycles. The second-order valence-corrected chi connectivity index (χ2v) is 4.05. The Hall–Kier alpha value is -1.62. The lowest BCUT2D eigenvalue weighted by Gasteiger charge is -2.12. The monoisotopic (exact) mass is 324 g/mol. The SMILES string of the molecule is N#CCC(=O)Nc1cc(C(F)(F)F)c(F)cc1Br. The first-order valence-electron chi connectivity index (χ1n) is 4.48. The van der Waals surface area contributed by atoms with Gasteiger partial charge in [-0.05, 0) is 28.1 Å². The summed E-state index contributed by atoms with van der Waals surface area (Å²) in [5.41, 5.74) is -1.73. The summed E-state index contributed by atoms with van der Waals surface area (Å²) < 4.78 is 50.3. The number of alkyl halides is 3. The standard InChI is InChI=1S/C10H5BrF4N2O/c11-6-4-7(12)5(10(13,14)15)3-8(6)17-9(18)1-2-16/h3-4H,1H2,(H,17,18). The normalized spacial score (nSPS) is 10.9. The molecule has 0 aliphatic carbocycles. The Morgan fingerprint density at radius 3 is 2.56 bits per heavy atom. The number of hydrogen-bond acceptors (Lipinski definition) is 2. The van der Waals surface area contributed by atoms with Gasteiger partial charge in [-0.15, -0.1) is 0 Å². The Labute approximate surface area is 108 Å². The van der Waals surface area contributed by atoms with Gasteiger partial charge < -0.3 is 5.32 Å². The summed E-state index contributed by atoms with van der Waals surface area (Å²) in [5.74, 6) is -2.23. The molecule has 0 heterocycles. The molecule has 0 atom stereocenters. The molecule has 0 fully saturated rings. The summed E-state index contributed by atoms with van der Waals surface area (Å²) in [4.78, 5) is 11.1. The number of hydrogen-bond donors (Lipinski definition) is 1. The lowest BCUT2D eigenvalue weighted by Crippen LogP contribution is -2.14. The Morgan fingerprint density at radius 2 is 2.06 bits per heavy atom. The molecule has 1 aromatic rings. The maximum atomic E-state index is 13.1. The Morgan fingerprint density at radius 1 is 1.44 bits per heavy atom. The second-order valence-electron chi connectivity index (χ2n) is 3.19. The van der Waals surface area contributed by atoms with E-state index >= 15 is 0 Å². The van der Waals surface area contributed by atoms with Crippen molar-refractivity contribution < 1.29 is 22.4 Å². The fraction of sp³-hybridized carbons (Fsp3) is 0.200. The van der Waals surface area contributed by atoms with Crippen molar-refractivity contribution in [1.82, 2.24) is 0 Å². The van der Waals surface area contributed by atoms with E-state index in [4.69, 9.17) is 5.26 Å². The zero-order valence-electron chi connectivity index (χ0n) is 8.61. The van der Waals surface area contributed by atoms with Crippen LogP contribution in [-0.4, -0.2) is 5.91 Å². The van der Waals surface area contributed by atoms with Gasteiger partial charge in [-0.1, -0.05) is 0 Å². The summed E-state index contributed by atoms with van der Waals surface area (Å²) in [6.45, 7) is 0. The molecular weight excluding hydrogens is 320 g/mol. The smallest absolute Gasteiger partial charge is 0.324 e. The molecule has 0 saturated carbocycles. The van der Waals surface area contributed by atoms with Gasteiger partial charge in [0, 0.05) is 4.47 Å². The van der Waals surface area contributed by atoms with E-state index in [1.54, 1.807) is 0 Å². The van der Waals surface area contributed by atoms with Crippen molar-refractivity contribution in [3.8, 4) is 6.07 Å². The van der Waals surface area contributed by atoms with Gasteiger partial charge in [0.25, 0.3) is 0 Å². The molecule has 0 radical (unpaired) electrons. The van der Waals surface area contributed by atoms with Crippen LogP contribution < -0.4 is 5.32 Å². The molecule has 0 spiro atoms. The minimum Gasteiger partial charge on any atom is -0.324 e. The van der Waals surface area contributed by atoms with Gasteiger partial charge in [0.05, 0.1) is 17.3 Å². The van der Waals surface area contributed by atoms with Gasteiger partial charge in [-0.3, -0.25) is 4.79 Å². The molecule has 0 aliphatic heterocycles. The quantitative estimate of drug-likeness (QED) is 0.847. The molecule has 1 rings (SSSR count). The number of anilines is 1. The van der Waals surface area contributed by atoms with Crippen molar-refractivity contribution in [2.45, 2.75) is 12.6 Å². The van der Waals surface area contributed by atoms with Crippen molar-refractivity contribution in [3.63, 3.8) is 0 Å². The van der Waals surface area contributed by atoms with E-state index in [0.717, 1.165) is 0 Å². The van der Waals surface area contributed by atoms with Crippen LogP contribution in [0.3, 0.4) is 0 Å². The van der Waals surface area contributed by atoms with Crippen LogP contribution in [0.5, 0.6) is 0 Å². The lowest BCUT2D eigenvalue weighted by atomic mass is 10.1. The molecule has 1 N–H and O–H groups in total. The first-order valence-corrected chi connectivity index (χ1v) is 5.28. The van der Waals surface area contributed by atoms with Crippen molar-refractivity contribution in [2.24, 2.45) is 0 Å². The average molecular weight is 325 g/mol. The maximum Gasteiger partial charge on any atom is 0.419 e. The Balaban J connectivity index is 3.14. The van der Waals surface area contributed by atoms with Crippen molar-refractivity contribution >= 4 is 27.5 Å². The van der Waals surface area contributed by atoms with Gasteiger partial charge in [-0.2, -0.15) is 18.4 Å². The molecular formula is C10H5BrF4N2O. The van der Waals surface area contributed by atoms with E-state index in [2.05, 4.69) is 21.2 Å². The first-order chi connectivity index (χ1) is 8.25. The Bertz CT molecular complexity index is 522. The Kier molecular flexibility index (Phi) is 4.29.